The zero-order valence-electron chi connectivity index (χ0n) is 13.3. The first-order valence-electron chi connectivity index (χ1n) is 7.46. The molecule has 3 heterocycles. The molecule has 2 fully saturated rings. The average molecular weight is 404 g/mol. The normalized spacial score (nSPS) is 29.0. The standard InChI is InChI=1S/C12H16N6O6S2/c13-6-7(20)17-2-12(10(23)24,3-25-8(6)17)4-26-11-14-15-16-18(11)1-5(19)9(21)22/h5-6,8,19H,1-4,13H2,(H,21,22)(H,23,24)/t5?,6?,8-,12?/m1/s1. The third-order valence-corrected chi connectivity index (χ3v) is 7.10. The number of hydrogen-bond donors (Lipinski definition) is 4. The Morgan fingerprint density at radius 3 is 2.85 bits per heavy atom. The van der Waals surface area contributed by atoms with Crippen molar-refractivity contribution in [1.82, 2.24) is 25.1 Å². The molecule has 0 saturated carbocycles. The van der Waals surface area contributed by atoms with Crippen LogP contribution in [0.4, 0.5) is 0 Å². The molecule has 3 unspecified atom stereocenters. The number of carbonyl (C=O) groups is 3. The summed E-state index contributed by atoms with van der Waals surface area (Å²) in [5, 5.41) is 38.7. The van der Waals surface area contributed by atoms with Crippen molar-refractivity contribution in [2.45, 2.75) is 29.2 Å². The number of aliphatic carboxylic acids is 2. The number of β-lactam (4-membered cyclic amide) rings is 1. The molecule has 142 valence electrons. The fourth-order valence-electron chi connectivity index (χ4n) is 2.67. The van der Waals surface area contributed by atoms with E-state index >= 15 is 0 Å². The number of fused-ring (bicyclic) bond motifs is 1. The van der Waals surface area contributed by atoms with Gasteiger partial charge in [0.1, 0.15) is 16.8 Å². The van der Waals surface area contributed by atoms with Gasteiger partial charge in [-0.2, -0.15) is 0 Å². The highest BCUT2D eigenvalue weighted by atomic mass is 32.2. The first kappa shape index (κ1) is 18.9. The number of carboxylic acid groups (broad SMARTS) is 2. The molecule has 2 aliphatic rings. The zero-order chi connectivity index (χ0) is 19.1. The van der Waals surface area contributed by atoms with Crippen LogP contribution in [0.5, 0.6) is 0 Å². The monoisotopic (exact) mass is 404 g/mol. The van der Waals surface area contributed by atoms with Gasteiger partial charge in [-0.15, -0.1) is 16.9 Å². The number of thioether (sulfide) groups is 2. The zero-order valence-corrected chi connectivity index (χ0v) is 14.9. The number of amides is 1. The van der Waals surface area contributed by atoms with Crippen molar-refractivity contribution in [2.75, 3.05) is 18.1 Å². The van der Waals surface area contributed by atoms with E-state index < -0.39 is 29.5 Å². The Hall–Kier alpha value is -1.90. The lowest BCUT2D eigenvalue weighted by molar-refractivity contribution is -0.155. The van der Waals surface area contributed by atoms with E-state index in [-0.39, 0.29) is 41.0 Å². The van der Waals surface area contributed by atoms with Crippen LogP contribution in [0.15, 0.2) is 5.16 Å². The van der Waals surface area contributed by atoms with Crippen LogP contribution in [0, 0.1) is 5.41 Å². The summed E-state index contributed by atoms with van der Waals surface area (Å²) in [4.78, 5) is 35.9. The maximum atomic E-state index is 11.9. The fraction of sp³-hybridized carbons (Fsp3) is 0.667. The molecule has 2 saturated heterocycles. The summed E-state index contributed by atoms with van der Waals surface area (Å²) in [7, 11) is 0. The molecule has 0 aliphatic carbocycles. The van der Waals surface area contributed by atoms with E-state index in [9.17, 15) is 24.6 Å². The molecule has 26 heavy (non-hydrogen) atoms. The van der Waals surface area contributed by atoms with Crippen molar-refractivity contribution >= 4 is 41.4 Å². The SMILES string of the molecule is NC1C(=O)N2CC(CSc3nnnn3CC(O)C(=O)O)(C(=O)O)CS[C@H]12. The van der Waals surface area contributed by atoms with Gasteiger partial charge in [-0.3, -0.25) is 9.59 Å². The number of carboxylic acids is 2. The predicted octanol–water partition coefficient (Wildman–Crippen LogP) is -2.48. The summed E-state index contributed by atoms with van der Waals surface area (Å²) in [5.74, 6) is -2.39. The van der Waals surface area contributed by atoms with E-state index in [4.69, 9.17) is 10.8 Å². The average Bonchev–Trinajstić information content (AvgIpc) is 3.05. The highest BCUT2D eigenvalue weighted by molar-refractivity contribution is 8.00. The number of aromatic nitrogens is 4. The van der Waals surface area contributed by atoms with E-state index in [1.807, 2.05) is 0 Å². The number of tetrazole rings is 1. The van der Waals surface area contributed by atoms with E-state index in [0.29, 0.717) is 0 Å². The van der Waals surface area contributed by atoms with Gasteiger partial charge in [0.15, 0.2) is 6.10 Å². The number of nitrogens with zero attached hydrogens (tertiary/aromatic N) is 5. The largest absolute Gasteiger partial charge is 0.481 e. The molecule has 2 aliphatic heterocycles. The van der Waals surface area contributed by atoms with Gasteiger partial charge in [0.05, 0.1) is 6.54 Å². The minimum absolute atomic E-state index is 0.0405. The molecule has 1 aromatic heterocycles. The Bertz CT molecular complexity index is 746. The first-order chi connectivity index (χ1) is 12.2. The van der Waals surface area contributed by atoms with Gasteiger partial charge < -0.3 is 26.0 Å². The molecule has 4 atom stereocenters. The topological polar surface area (TPSA) is 185 Å². The van der Waals surface area contributed by atoms with Crippen LogP contribution in [-0.2, 0) is 20.9 Å². The van der Waals surface area contributed by atoms with Crippen LogP contribution in [0.25, 0.3) is 0 Å². The Labute approximate surface area is 155 Å². The summed E-state index contributed by atoms with van der Waals surface area (Å²) in [6.07, 6.45) is -1.68. The van der Waals surface area contributed by atoms with Crippen molar-refractivity contribution in [3.8, 4) is 0 Å². The highest BCUT2D eigenvalue weighted by Gasteiger charge is 2.55. The second-order valence-electron chi connectivity index (χ2n) is 6.07. The Morgan fingerprint density at radius 2 is 2.19 bits per heavy atom. The van der Waals surface area contributed by atoms with Crippen molar-refractivity contribution in [2.24, 2.45) is 11.1 Å². The maximum Gasteiger partial charge on any atom is 0.334 e. The molecule has 12 nitrogen and oxygen atoms in total. The van der Waals surface area contributed by atoms with E-state index in [2.05, 4.69) is 15.5 Å². The van der Waals surface area contributed by atoms with Crippen LogP contribution in [-0.4, -0.2) is 93.8 Å². The van der Waals surface area contributed by atoms with Gasteiger partial charge >= 0.3 is 11.9 Å². The van der Waals surface area contributed by atoms with Crippen LogP contribution >= 0.6 is 23.5 Å². The van der Waals surface area contributed by atoms with Crippen LogP contribution in [0.3, 0.4) is 0 Å². The third-order valence-electron chi connectivity index (χ3n) is 4.25. The Morgan fingerprint density at radius 1 is 1.46 bits per heavy atom. The number of nitrogens with two attached hydrogens (primary N) is 1. The molecule has 0 aromatic carbocycles. The Kier molecular flexibility index (Phi) is 5.09. The number of rotatable bonds is 7. The molecule has 1 amide bonds. The van der Waals surface area contributed by atoms with Crippen LogP contribution in [0.2, 0.25) is 0 Å². The Balaban J connectivity index is 1.69. The van der Waals surface area contributed by atoms with Crippen LogP contribution in [0.1, 0.15) is 0 Å². The van der Waals surface area contributed by atoms with E-state index in [1.54, 1.807) is 0 Å². The van der Waals surface area contributed by atoms with Crippen molar-refractivity contribution in [3.05, 3.63) is 0 Å². The van der Waals surface area contributed by atoms with Crippen LogP contribution < -0.4 is 5.73 Å². The summed E-state index contributed by atoms with van der Waals surface area (Å²) in [6.45, 7) is -0.320. The van der Waals surface area contributed by atoms with Gasteiger partial charge in [0.25, 0.3) is 0 Å². The molecule has 5 N–H and O–H groups in total. The van der Waals surface area contributed by atoms with E-state index in [0.717, 1.165) is 16.4 Å². The highest BCUT2D eigenvalue weighted by Crippen LogP contribution is 2.43. The smallest absolute Gasteiger partial charge is 0.334 e. The first-order valence-corrected chi connectivity index (χ1v) is 9.49. The van der Waals surface area contributed by atoms with Crippen molar-refractivity contribution < 1.29 is 29.7 Å². The summed E-state index contributed by atoms with van der Waals surface area (Å²) < 4.78 is 1.10. The maximum absolute atomic E-state index is 11.9. The van der Waals surface area contributed by atoms with Gasteiger partial charge in [-0.1, -0.05) is 11.8 Å². The second kappa shape index (κ2) is 7.02. The lowest BCUT2D eigenvalue weighted by atomic mass is 9.89. The number of aliphatic hydroxyl groups is 1. The van der Waals surface area contributed by atoms with Crippen molar-refractivity contribution in [1.29, 1.82) is 0 Å². The molecule has 14 heteroatoms. The molecule has 0 bridgehead atoms. The molecule has 0 radical (unpaired) electrons. The summed E-state index contributed by atoms with van der Waals surface area (Å²) in [6, 6.07) is -0.593. The van der Waals surface area contributed by atoms with Gasteiger partial charge in [0.2, 0.25) is 11.1 Å². The molecule has 1 aromatic rings. The molecular formula is C12H16N6O6S2. The minimum atomic E-state index is -1.68. The lowest BCUT2D eigenvalue weighted by Gasteiger charge is -2.52. The van der Waals surface area contributed by atoms with Gasteiger partial charge in [-0.25, -0.2) is 9.48 Å². The third kappa shape index (κ3) is 3.24. The van der Waals surface area contributed by atoms with E-state index in [1.165, 1.54) is 16.7 Å². The number of hydrogen-bond acceptors (Lipinski definition) is 10. The van der Waals surface area contributed by atoms with Crippen molar-refractivity contribution in [3.63, 3.8) is 0 Å². The number of aliphatic hydroxyl groups excluding tert-OH is 1. The summed E-state index contributed by atoms with van der Waals surface area (Å²) >= 11 is 2.36. The quantitative estimate of drug-likeness (QED) is 0.277. The van der Waals surface area contributed by atoms with Gasteiger partial charge in [-0.05, 0) is 10.4 Å². The minimum Gasteiger partial charge on any atom is -0.481 e. The molecule has 3 rings (SSSR count). The lowest BCUT2D eigenvalue weighted by Crippen LogP contribution is -2.72. The summed E-state index contributed by atoms with van der Waals surface area (Å²) in [5.41, 5.74) is 4.51. The molecular weight excluding hydrogens is 388 g/mol. The number of carbonyl (C=O) groups excluding carboxylic acids is 1. The predicted molar refractivity (Wildman–Crippen MR) is 88.2 cm³/mol. The molecule has 0 spiro atoms. The fourth-order valence-corrected chi connectivity index (χ4v) is 5.36. The second-order valence-corrected chi connectivity index (χ2v) is 8.11. The van der Waals surface area contributed by atoms with Gasteiger partial charge in [0, 0.05) is 18.1 Å².